The second-order valence-electron chi connectivity index (χ2n) is 3.50. The lowest BCUT2D eigenvalue weighted by Gasteiger charge is -2.40. The van der Waals surface area contributed by atoms with Crippen LogP contribution >= 0.6 is 0 Å². The molecule has 1 heterocycles. The summed E-state index contributed by atoms with van der Waals surface area (Å²) in [6.45, 7) is 7.75. The molecular weight excluding hydrogens is 152 g/mol. The first-order valence-corrected chi connectivity index (χ1v) is 4.66. The number of hydrogen-bond donors (Lipinski definition) is 1. The van der Waals surface area contributed by atoms with Gasteiger partial charge in [0.2, 0.25) is 5.91 Å². The third kappa shape index (κ3) is 1.78. The summed E-state index contributed by atoms with van der Waals surface area (Å²) in [7, 11) is 0. The summed E-state index contributed by atoms with van der Waals surface area (Å²) in [5, 5.41) is 3.33. The number of amides is 1. The fourth-order valence-electron chi connectivity index (χ4n) is 1.92. The van der Waals surface area contributed by atoms with Crippen LogP contribution in [-0.4, -0.2) is 36.0 Å². The Labute approximate surface area is 74.1 Å². The molecule has 12 heavy (non-hydrogen) atoms. The Morgan fingerprint density at radius 1 is 1.58 bits per heavy atom. The van der Waals surface area contributed by atoms with Crippen molar-refractivity contribution in [3.8, 4) is 0 Å². The van der Waals surface area contributed by atoms with Crippen molar-refractivity contribution in [3.63, 3.8) is 0 Å². The van der Waals surface area contributed by atoms with Crippen LogP contribution in [0.3, 0.4) is 0 Å². The van der Waals surface area contributed by atoms with Crippen LogP contribution in [-0.2, 0) is 4.79 Å². The van der Waals surface area contributed by atoms with Crippen molar-refractivity contribution in [3.05, 3.63) is 0 Å². The molecule has 1 N–H and O–H groups in total. The lowest BCUT2D eigenvalue weighted by atomic mass is 10.1. The summed E-state index contributed by atoms with van der Waals surface area (Å²) >= 11 is 0. The van der Waals surface area contributed by atoms with Crippen LogP contribution < -0.4 is 5.32 Å². The fraction of sp³-hybridized carbons (Fsp3) is 0.889. The van der Waals surface area contributed by atoms with Crippen LogP contribution in [0.1, 0.15) is 27.2 Å². The van der Waals surface area contributed by atoms with Gasteiger partial charge in [-0.15, -0.1) is 0 Å². The highest BCUT2D eigenvalue weighted by Crippen LogP contribution is 2.12. The summed E-state index contributed by atoms with van der Waals surface area (Å²) in [6, 6.07) is 0.743. The summed E-state index contributed by atoms with van der Waals surface area (Å²) in [4.78, 5) is 13.3. The zero-order valence-electron chi connectivity index (χ0n) is 8.13. The molecule has 0 saturated carbocycles. The van der Waals surface area contributed by atoms with Crippen LogP contribution in [0.15, 0.2) is 0 Å². The van der Waals surface area contributed by atoms with Crippen molar-refractivity contribution in [1.29, 1.82) is 0 Å². The van der Waals surface area contributed by atoms with Gasteiger partial charge >= 0.3 is 0 Å². The maximum absolute atomic E-state index is 11.3. The molecule has 3 heteroatoms. The van der Waals surface area contributed by atoms with E-state index in [1.54, 1.807) is 6.92 Å². The van der Waals surface area contributed by atoms with Gasteiger partial charge < -0.3 is 10.2 Å². The minimum atomic E-state index is 0.204. The third-order valence-electron chi connectivity index (χ3n) is 2.52. The van der Waals surface area contributed by atoms with Crippen LogP contribution in [0.5, 0.6) is 0 Å². The number of piperazine rings is 1. The first kappa shape index (κ1) is 9.52. The van der Waals surface area contributed by atoms with Crippen LogP contribution in [0, 0.1) is 0 Å². The average molecular weight is 170 g/mol. The number of nitrogens with zero attached hydrogens (tertiary/aromatic N) is 1. The van der Waals surface area contributed by atoms with Gasteiger partial charge in [0.1, 0.15) is 0 Å². The van der Waals surface area contributed by atoms with E-state index in [2.05, 4.69) is 19.2 Å². The van der Waals surface area contributed by atoms with Crippen molar-refractivity contribution in [2.75, 3.05) is 13.1 Å². The topological polar surface area (TPSA) is 32.3 Å². The quantitative estimate of drug-likeness (QED) is 0.625. The fourth-order valence-corrected chi connectivity index (χ4v) is 1.92. The monoisotopic (exact) mass is 170 g/mol. The van der Waals surface area contributed by atoms with Crippen molar-refractivity contribution >= 4 is 5.91 Å². The molecular formula is C9H18N2O. The van der Waals surface area contributed by atoms with Gasteiger partial charge in [0.25, 0.3) is 0 Å². The van der Waals surface area contributed by atoms with Crippen LogP contribution in [0.25, 0.3) is 0 Å². The Kier molecular flexibility index (Phi) is 3.09. The molecule has 0 aromatic carbocycles. The minimum absolute atomic E-state index is 0.204. The zero-order chi connectivity index (χ0) is 9.14. The molecule has 1 saturated heterocycles. The second kappa shape index (κ2) is 3.90. The normalized spacial score (nSPS) is 30.4. The third-order valence-corrected chi connectivity index (χ3v) is 2.52. The Morgan fingerprint density at radius 3 is 2.67 bits per heavy atom. The molecule has 1 rings (SSSR count). The summed E-state index contributed by atoms with van der Waals surface area (Å²) in [5.74, 6) is 0.204. The predicted octanol–water partition coefficient (Wildman–Crippen LogP) is 0.605. The predicted molar refractivity (Wildman–Crippen MR) is 48.9 cm³/mol. The molecule has 0 spiro atoms. The lowest BCUT2D eigenvalue weighted by molar-refractivity contribution is -0.134. The molecule has 70 valence electrons. The molecule has 1 fully saturated rings. The molecule has 0 aromatic rings. The van der Waals surface area contributed by atoms with Gasteiger partial charge in [0.05, 0.1) is 0 Å². The molecule has 0 unspecified atom stereocenters. The first-order valence-electron chi connectivity index (χ1n) is 4.66. The van der Waals surface area contributed by atoms with Crippen molar-refractivity contribution in [1.82, 2.24) is 10.2 Å². The molecule has 1 aliphatic rings. The van der Waals surface area contributed by atoms with Gasteiger partial charge in [-0.05, 0) is 13.3 Å². The van der Waals surface area contributed by atoms with Gasteiger partial charge in [0.15, 0.2) is 0 Å². The molecule has 3 nitrogen and oxygen atoms in total. The minimum Gasteiger partial charge on any atom is -0.335 e. The molecule has 0 radical (unpaired) electrons. The number of hydrogen-bond acceptors (Lipinski definition) is 2. The van der Waals surface area contributed by atoms with Gasteiger partial charge in [-0.1, -0.05) is 6.92 Å². The number of carbonyl (C=O) groups excluding carboxylic acids is 1. The molecule has 0 aliphatic carbocycles. The maximum Gasteiger partial charge on any atom is 0.220 e. The Morgan fingerprint density at radius 2 is 2.25 bits per heavy atom. The Balaban J connectivity index is 2.66. The summed E-state index contributed by atoms with van der Waals surface area (Å²) < 4.78 is 0. The number of carbonyl (C=O) groups is 1. The van der Waals surface area contributed by atoms with Gasteiger partial charge in [0, 0.05) is 32.1 Å². The second-order valence-corrected chi connectivity index (χ2v) is 3.50. The van der Waals surface area contributed by atoms with E-state index in [9.17, 15) is 4.79 Å². The SMILES string of the molecule is CC[C@H]1CNC[C@@H](C)N1C(C)=O. The lowest BCUT2D eigenvalue weighted by Crippen LogP contribution is -2.57. The standard InChI is InChI=1S/C9H18N2O/c1-4-9-6-10-5-7(2)11(9)8(3)12/h7,9-10H,4-6H2,1-3H3/t7-,9+/m1/s1. The van der Waals surface area contributed by atoms with Crippen molar-refractivity contribution in [2.24, 2.45) is 0 Å². The van der Waals surface area contributed by atoms with E-state index in [-0.39, 0.29) is 5.91 Å². The van der Waals surface area contributed by atoms with Gasteiger partial charge in [-0.25, -0.2) is 0 Å². The van der Waals surface area contributed by atoms with Crippen molar-refractivity contribution < 1.29 is 4.79 Å². The van der Waals surface area contributed by atoms with E-state index in [1.807, 2.05) is 4.90 Å². The van der Waals surface area contributed by atoms with E-state index < -0.39 is 0 Å². The van der Waals surface area contributed by atoms with E-state index in [0.29, 0.717) is 12.1 Å². The zero-order valence-corrected chi connectivity index (χ0v) is 8.13. The van der Waals surface area contributed by atoms with E-state index in [1.165, 1.54) is 0 Å². The van der Waals surface area contributed by atoms with Crippen LogP contribution in [0.4, 0.5) is 0 Å². The van der Waals surface area contributed by atoms with Crippen molar-refractivity contribution in [2.45, 2.75) is 39.3 Å². The highest BCUT2D eigenvalue weighted by atomic mass is 16.2. The largest absolute Gasteiger partial charge is 0.335 e. The number of nitrogens with one attached hydrogen (secondary N) is 1. The Bertz CT molecular complexity index is 170. The van der Waals surface area contributed by atoms with Gasteiger partial charge in [-0.3, -0.25) is 4.79 Å². The smallest absolute Gasteiger partial charge is 0.220 e. The van der Waals surface area contributed by atoms with E-state index in [4.69, 9.17) is 0 Å². The Hall–Kier alpha value is -0.570. The molecule has 2 atom stereocenters. The van der Waals surface area contributed by atoms with Crippen LogP contribution in [0.2, 0.25) is 0 Å². The average Bonchev–Trinajstić information content (AvgIpc) is 2.03. The van der Waals surface area contributed by atoms with Gasteiger partial charge in [-0.2, -0.15) is 0 Å². The first-order chi connectivity index (χ1) is 5.66. The highest BCUT2D eigenvalue weighted by molar-refractivity contribution is 5.74. The molecule has 0 bridgehead atoms. The molecule has 1 amide bonds. The van der Waals surface area contributed by atoms with E-state index in [0.717, 1.165) is 19.5 Å². The molecule has 0 aromatic heterocycles. The molecule has 1 aliphatic heterocycles. The number of rotatable bonds is 1. The maximum atomic E-state index is 11.3. The summed E-state index contributed by atoms with van der Waals surface area (Å²) in [6.07, 6.45) is 1.04. The highest BCUT2D eigenvalue weighted by Gasteiger charge is 2.27. The summed E-state index contributed by atoms with van der Waals surface area (Å²) in [5.41, 5.74) is 0. The van der Waals surface area contributed by atoms with E-state index >= 15 is 0 Å².